The Kier molecular flexibility index (Phi) is 5.19. The van der Waals surface area contributed by atoms with Gasteiger partial charge in [0.25, 0.3) is 0 Å². The monoisotopic (exact) mass is 436 g/mol. The van der Waals surface area contributed by atoms with Gasteiger partial charge in [-0.25, -0.2) is 9.07 Å². The molecule has 0 aromatic carbocycles. The molecule has 32 heavy (non-hydrogen) atoms. The van der Waals surface area contributed by atoms with Gasteiger partial charge in [0.1, 0.15) is 30.0 Å². The fourth-order valence-corrected chi connectivity index (χ4v) is 8.47. The summed E-state index contributed by atoms with van der Waals surface area (Å²) in [6.07, 6.45) is 8.54. The number of halogens is 1. The Morgan fingerprint density at radius 3 is 2.72 bits per heavy atom. The van der Waals surface area contributed by atoms with Crippen LogP contribution in [0.3, 0.4) is 0 Å². The zero-order chi connectivity index (χ0) is 22.7. The zero-order valence-corrected chi connectivity index (χ0v) is 19.2. The first-order valence-electron chi connectivity index (χ1n) is 12.4. The van der Waals surface area contributed by atoms with Crippen LogP contribution < -0.4 is 0 Å². The van der Waals surface area contributed by atoms with Crippen LogP contribution in [0.2, 0.25) is 0 Å². The van der Waals surface area contributed by atoms with Gasteiger partial charge in [0.15, 0.2) is 11.5 Å². The van der Waals surface area contributed by atoms with Crippen molar-refractivity contribution in [1.29, 1.82) is 10.5 Å². The highest BCUT2D eigenvalue weighted by atomic mass is 19.1. The van der Waals surface area contributed by atoms with Crippen molar-refractivity contribution < 1.29 is 9.18 Å². The molecule has 8 atom stereocenters. The number of carbonyl (C=O) groups is 1. The van der Waals surface area contributed by atoms with Crippen LogP contribution in [-0.2, 0) is 11.3 Å². The Balaban J connectivity index is 1.35. The molecule has 0 N–H and O–H groups in total. The van der Waals surface area contributed by atoms with Crippen LogP contribution >= 0.6 is 0 Å². The minimum atomic E-state index is -0.997. The number of fused-ring (bicyclic) bond motifs is 5. The maximum Gasteiger partial charge on any atom is 0.163 e. The van der Waals surface area contributed by atoms with E-state index < -0.39 is 5.67 Å². The summed E-state index contributed by atoms with van der Waals surface area (Å²) in [6.45, 7) is 4.57. The van der Waals surface area contributed by atoms with E-state index in [1.54, 1.807) is 0 Å². The average Bonchev–Trinajstić information content (AvgIpc) is 3.34. The molecule has 1 heterocycles. The van der Waals surface area contributed by atoms with E-state index in [9.17, 15) is 10.1 Å². The molecule has 1 aromatic rings. The Hall–Kier alpha value is -2.21. The molecule has 4 aliphatic rings. The number of hydrogen-bond acceptors (Lipinski definition) is 4. The van der Waals surface area contributed by atoms with E-state index in [1.165, 1.54) is 10.7 Å². The molecule has 4 aliphatic carbocycles. The van der Waals surface area contributed by atoms with Crippen molar-refractivity contribution in [2.24, 2.45) is 40.9 Å². The second kappa shape index (κ2) is 7.68. The number of carbonyl (C=O) groups excluding carboxylic acids is 1. The van der Waals surface area contributed by atoms with Gasteiger partial charge in [-0.05, 0) is 92.8 Å². The predicted octanol–water partition coefficient (Wildman–Crippen LogP) is 5.19. The summed E-state index contributed by atoms with van der Waals surface area (Å²) >= 11 is 0. The van der Waals surface area contributed by atoms with Crippen molar-refractivity contribution in [1.82, 2.24) is 9.78 Å². The molecule has 0 radical (unpaired) electrons. The lowest BCUT2D eigenvalue weighted by Gasteiger charge is -2.58. The van der Waals surface area contributed by atoms with Gasteiger partial charge < -0.3 is 0 Å². The Bertz CT molecular complexity index is 1000. The molecule has 4 saturated carbocycles. The summed E-state index contributed by atoms with van der Waals surface area (Å²) in [7, 11) is 0. The summed E-state index contributed by atoms with van der Waals surface area (Å²) in [6, 6.07) is 5.42. The molecule has 4 fully saturated rings. The van der Waals surface area contributed by atoms with Crippen LogP contribution in [-0.4, -0.2) is 21.2 Å². The van der Waals surface area contributed by atoms with Crippen molar-refractivity contribution in [3.63, 3.8) is 0 Å². The van der Waals surface area contributed by atoms with Crippen LogP contribution in [0.5, 0.6) is 0 Å². The lowest BCUT2D eigenvalue weighted by molar-refractivity contribution is -0.146. The van der Waals surface area contributed by atoms with Crippen molar-refractivity contribution in [2.45, 2.75) is 83.8 Å². The van der Waals surface area contributed by atoms with Crippen LogP contribution in [0.4, 0.5) is 4.39 Å². The lowest BCUT2D eigenvalue weighted by Crippen LogP contribution is -2.56. The summed E-state index contributed by atoms with van der Waals surface area (Å²) in [5.74, 6) is 1.87. The normalized spacial score (nSPS) is 42.8. The molecule has 0 amide bonds. The molecule has 1 aromatic heterocycles. The third-order valence-corrected chi connectivity index (χ3v) is 9.99. The van der Waals surface area contributed by atoms with E-state index in [0.717, 1.165) is 57.8 Å². The SMILES string of the molecule is C[C@H]1CC[C@]2(F)C3CC[C@@]4(C)C(CC[C@@H]4C(=O)Cn4nc(C#N)cc4C#N)[C@@H]3CC[C@@H]2C1. The molecular weight excluding hydrogens is 403 g/mol. The van der Waals surface area contributed by atoms with Crippen LogP contribution in [0.1, 0.15) is 83.0 Å². The number of rotatable bonds is 3. The van der Waals surface area contributed by atoms with Crippen molar-refractivity contribution in [3.8, 4) is 12.1 Å². The van der Waals surface area contributed by atoms with E-state index >= 15 is 4.39 Å². The van der Waals surface area contributed by atoms with E-state index in [4.69, 9.17) is 5.26 Å². The summed E-state index contributed by atoms with van der Waals surface area (Å²) in [5, 5.41) is 22.6. The summed E-state index contributed by atoms with van der Waals surface area (Å²) in [5.41, 5.74) is -0.676. The highest BCUT2D eigenvalue weighted by Gasteiger charge is 2.62. The maximum absolute atomic E-state index is 16.4. The predicted molar refractivity (Wildman–Crippen MR) is 117 cm³/mol. The average molecular weight is 437 g/mol. The molecule has 0 saturated heterocycles. The number of nitrogens with zero attached hydrogens (tertiary/aromatic N) is 4. The van der Waals surface area contributed by atoms with Gasteiger partial charge in [0.05, 0.1) is 0 Å². The third kappa shape index (κ3) is 3.13. The summed E-state index contributed by atoms with van der Waals surface area (Å²) < 4.78 is 17.8. The number of nitriles is 2. The van der Waals surface area contributed by atoms with Crippen molar-refractivity contribution in [2.75, 3.05) is 0 Å². The largest absolute Gasteiger partial charge is 0.297 e. The van der Waals surface area contributed by atoms with Gasteiger partial charge in [0.2, 0.25) is 0 Å². The van der Waals surface area contributed by atoms with E-state index in [1.807, 2.05) is 12.1 Å². The zero-order valence-electron chi connectivity index (χ0n) is 19.2. The number of hydrogen-bond donors (Lipinski definition) is 0. The Morgan fingerprint density at radius 1 is 1.16 bits per heavy atom. The van der Waals surface area contributed by atoms with Gasteiger partial charge >= 0.3 is 0 Å². The molecule has 0 spiro atoms. The van der Waals surface area contributed by atoms with Crippen LogP contribution in [0, 0.1) is 63.6 Å². The highest BCUT2D eigenvalue weighted by Crippen LogP contribution is 2.66. The van der Waals surface area contributed by atoms with Gasteiger partial charge in [0, 0.05) is 12.0 Å². The van der Waals surface area contributed by atoms with Crippen LogP contribution in [0.25, 0.3) is 0 Å². The fraction of sp³-hybridized carbons (Fsp3) is 0.769. The minimum absolute atomic E-state index is 0.0403. The maximum atomic E-state index is 16.4. The van der Waals surface area contributed by atoms with E-state index in [0.29, 0.717) is 17.8 Å². The highest BCUT2D eigenvalue weighted by molar-refractivity contribution is 5.82. The minimum Gasteiger partial charge on any atom is -0.297 e. The second-order valence-corrected chi connectivity index (χ2v) is 11.4. The molecule has 5 rings (SSSR count). The van der Waals surface area contributed by atoms with Crippen molar-refractivity contribution >= 4 is 5.78 Å². The molecule has 5 nitrogen and oxygen atoms in total. The number of alkyl halides is 1. The smallest absolute Gasteiger partial charge is 0.163 e. The summed E-state index contributed by atoms with van der Waals surface area (Å²) in [4.78, 5) is 13.4. The second-order valence-electron chi connectivity index (χ2n) is 11.4. The Morgan fingerprint density at radius 2 is 1.97 bits per heavy atom. The van der Waals surface area contributed by atoms with E-state index in [2.05, 4.69) is 18.9 Å². The van der Waals surface area contributed by atoms with Crippen molar-refractivity contribution in [3.05, 3.63) is 17.5 Å². The number of ketones is 1. The molecule has 6 heteroatoms. The number of Topliss-reactive ketones (excluding diaryl/α,β-unsaturated/α-hetero) is 1. The van der Waals surface area contributed by atoms with E-state index in [-0.39, 0.29) is 46.9 Å². The lowest BCUT2D eigenvalue weighted by atomic mass is 9.48. The Labute approximate surface area is 190 Å². The van der Waals surface area contributed by atoms with Gasteiger partial charge in [-0.1, -0.05) is 13.8 Å². The quantitative estimate of drug-likeness (QED) is 0.653. The molecular formula is C26H33FN4O. The van der Waals surface area contributed by atoms with Gasteiger partial charge in [-0.15, -0.1) is 0 Å². The molecule has 2 unspecified atom stereocenters. The van der Waals surface area contributed by atoms with Gasteiger partial charge in [-0.3, -0.25) is 4.79 Å². The first-order valence-corrected chi connectivity index (χ1v) is 12.4. The molecule has 0 aliphatic heterocycles. The number of aromatic nitrogens is 2. The van der Waals surface area contributed by atoms with Gasteiger partial charge in [-0.2, -0.15) is 15.6 Å². The first-order chi connectivity index (χ1) is 15.3. The first kappa shape index (κ1) is 21.6. The fourth-order valence-electron chi connectivity index (χ4n) is 8.47. The standard InChI is InChI=1S/C26H33FN4O/c1-16-7-10-26(27)17(11-16)3-4-20-21-5-6-23(25(21,2)9-8-22(20)26)24(32)15-31-19(14-29)12-18(13-28)30-31/h12,16-17,20-23H,3-11,15H2,1-2H3/t16-,17+,20-,21?,22?,23+,25-,26+/m0/s1. The molecule has 0 bridgehead atoms. The molecule has 170 valence electrons. The topological polar surface area (TPSA) is 82.5 Å². The van der Waals surface area contributed by atoms with Crippen LogP contribution in [0.15, 0.2) is 6.07 Å². The third-order valence-electron chi connectivity index (χ3n) is 9.99.